The maximum Gasteiger partial charge on any atom is 2.00 e. The Morgan fingerprint density at radius 3 is 2.39 bits per heavy atom. The van der Waals surface area contributed by atoms with Crippen molar-refractivity contribution in [3.05, 3.63) is 67.6 Å². The van der Waals surface area contributed by atoms with Crippen LogP contribution in [-0.2, 0) is 28.3 Å². The molecule has 1 aliphatic carbocycles. The van der Waals surface area contributed by atoms with Gasteiger partial charge in [0.1, 0.15) is 0 Å². The zero-order valence-corrected chi connectivity index (χ0v) is 23.3. The molecule has 1 fully saturated rings. The van der Waals surface area contributed by atoms with Gasteiger partial charge in [0.15, 0.2) is 5.78 Å². The van der Waals surface area contributed by atoms with Gasteiger partial charge in [-0.2, -0.15) is 5.69 Å². The molecule has 0 N–H and O–H groups in total. The molecule has 5 nitrogen and oxygen atoms in total. The molecular formula is C30H34CuN4O. The van der Waals surface area contributed by atoms with Crippen molar-refractivity contribution in [2.45, 2.75) is 73.9 Å². The van der Waals surface area contributed by atoms with Gasteiger partial charge in [0, 0.05) is 29.0 Å². The summed E-state index contributed by atoms with van der Waals surface area (Å²) in [5.74, 6) is 0.760. The largest absolute Gasteiger partial charge is 2.00 e. The molecule has 5 aliphatic rings. The molecule has 0 saturated heterocycles. The molecule has 1 radical (unpaired) electrons. The van der Waals surface area contributed by atoms with Crippen LogP contribution in [0.5, 0.6) is 0 Å². The van der Waals surface area contributed by atoms with Crippen molar-refractivity contribution in [2.75, 3.05) is 0 Å². The molecule has 1 saturated carbocycles. The van der Waals surface area contributed by atoms with E-state index >= 15 is 0 Å². The zero-order valence-electron chi connectivity index (χ0n) is 22.3. The molecule has 6 heteroatoms. The van der Waals surface area contributed by atoms with Gasteiger partial charge in [0.2, 0.25) is 0 Å². The fourth-order valence-corrected chi connectivity index (χ4v) is 6.59. The Morgan fingerprint density at radius 2 is 1.67 bits per heavy atom. The third kappa shape index (κ3) is 3.37. The van der Waals surface area contributed by atoms with E-state index in [1.54, 1.807) is 0 Å². The van der Waals surface area contributed by atoms with Gasteiger partial charge < -0.3 is 10.3 Å². The van der Waals surface area contributed by atoms with Crippen molar-refractivity contribution in [3.63, 3.8) is 0 Å². The van der Waals surface area contributed by atoms with Crippen LogP contribution in [0.25, 0.3) is 11.4 Å². The van der Waals surface area contributed by atoms with Gasteiger partial charge in [-0.05, 0) is 46.1 Å². The van der Waals surface area contributed by atoms with Crippen molar-refractivity contribution < 1.29 is 21.9 Å². The van der Waals surface area contributed by atoms with Crippen LogP contribution in [0.1, 0.15) is 64.1 Å². The van der Waals surface area contributed by atoms with Crippen molar-refractivity contribution >= 4 is 23.3 Å². The predicted molar refractivity (Wildman–Crippen MR) is 142 cm³/mol. The summed E-state index contributed by atoms with van der Waals surface area (Å²) < 4.78 is 0. The Balaban J connectivity index is 0.00000267. The van der Waals surface area contributed by atoms with Crippen LogP contribution in [0.3, 0.4) is 0 Å². The molecule has 5 heterocycles. The summed E-state index contributed by atoms with van der Waals surface area (Å²) in [5.41, 5.74) is 12.8. The summed E-state index contributed by atoms with van der Waals surface area (Å²) in [6.45, 7) is 17.3. The standard InChI is InChI=1S/C30H35N4O.Cu/c1-12-14(3)22-10-24-16(5)17(6)28(33-24)26-19(8)30(35)27-18(7)25(34-29(26)27)11-23-15(4)13(2)21(32-23)9-20(12)31-22;/h10-11,16-17,19-20,26,28H,9H2,1-8H3,(H-,31,32,33,34,35);/q-1;+2/p-1. The zero-order chi connectivity index (χ0) is 24.9. The normalized spacial score (nSPS) is 35.7. The number of ketones is 1. The summed E-state index contributed by atoms with van der Waals surface area (Å²) in [6, 6.07) is 0.157. The van der Waals surface area contributed by atoms with Gasteiger partial charge >= 0.3 is 17.1 Å². The van der Waals surface area contributed by atoms with Gasteiger partial charge in [-0.1, -0.05) is 67.7 Å². The van der Waals surface area contributed by atoms with E-state index in [9.17, 15) is 4.79 Å². The average Bonchev–Trinajstić information content (AvgIpc) is 3.52. The van der Waals surface area contributed by atoms with Gasteiger partial charge in [-0.3, -0.25) is 14.8 Å². The number of aromatic nitrogens is 1. The van der Waals surface area contributed by atoms with Crippen LogP contribution in [0, 0.1) is 37.5 Å². The second-order valence-electron chi connectivity index (χ2n) is 11.3. The molecule has 0 amide bonds. The Labute approximate surface area is 224 Å². The van der Waals surface area contributed by atoms with E-state index in [1.165, 1.54) is 22.3 Å². The topological polar surface area (TPSA) is 70.0 Å². The first-order chi connectivity index (χ1) is 16.6. The number of carbonyl (C=O) groups excluding carboxylic acids is 1. The molecule has 6 atom stereocenters. The summed E-state index contributed by atoms with van der Waals surface area (Å²) >= 11 is 0. The van der Waals surface area contributed by atoms with E-state index in [-0.39, 0.29) is 46.8 Å². The van der Waals surface area contributed by atoms with Crippen LogP contribution < -0.4 is 4.98 Å². The minimum atomic E-state index is -0.105. The van der Waals surface area contributed by atoms with Crippen molar-refractivity contribution in [1.82, 2.24) is 4.98 Å². The molecule has 1 aromatic heterocycles. The molecule has 0 spiro atoms. The number of nitrogens with zero attached hydrogens (tertiary/aromatic N) is 4. The fourth-order valence-electron chi connectivity index (χ4n) is 6.59. The summed E-state index contributed by atoms with van der Waals surface area (Å²) in [4.78, 5) is 28.9. The Hall–Kier alpha value is -2.43. The second-order valence-corrected chi connectivity index (χ2v) is 11.3. The Kier molecular flexibility index (Phi) is 6.00. The van der Waals surface area contributed by atoms with Gasteiger partial charge in [-0.25, -0.2) is 0 Å². The van der Waals surface area contributed by atoms with E-state index in [0.29, 0.717) is 11.8 Å². The van der Waals surface area contributed by atoms with Crippen LogP contribution >= 0.6 is 0 Å². The van der Waals surface area contributed by atoms with Crippen molar-refractivity contribution in [2.24, 2.45) is 33.7 Å². The molecule has 0 aromatic carbocycles. The van der Waals surface area contributed by atoms with Gasteiger partial charge in [0.05, 0.1) is 17.5 Å². The number of carbonyl (C=O) groups is 1. The molecule has 6 rings (SSSR count). The maximum absolute atomic E-state index is 13.5. The van der Waals surface area contributed by atoms with Gasteiger partial charge in [-0.15, -0.1) is 11.4 Å². The van der Waals surface area contributed by atoms with E-state index in [4.69, 9.17) is 20.3 Å². The van der Waals surface area contributed by atoms with E-state index in [0.717, 1.165) is 51.8 Å². The molecule has 36 heavy (non-hydrogen) atoms. The van der Waals surface area contributed by atoms with Gasteiger partial charge in [0.25, 0.3) is 0 Å². The summed E-state index contributed by atoms with van der Waals surface area (Å²) in [7, 11) is 0. The molecule has 8 bridgehead atoms. The quantitative estimate of drug-likeness (QED) is 0.396. The summed E-state index contributed by atoms with van der Waals surface area (Å²) in [6.07, 6.45) is 5.09. The first-order valence-electron chi connectivity index (χ1n) is 12.9. The number of hydrogen-bond donors (Lipinski definition) is 0. The molecule has 1 aromatic rings. The molecule has 6 unspecified atom stereocenters. The number of fused-ring (bicyclic) bond motifs is 7. The summed E-state index contributed by atoms with van der Waals surface area (Å²) in [5, 5.41) is 5.15. The van der Waals surface area contributed by atoms with Crippen molar-refractivity contribution in [3.8, 4) is 0 Å². The number of allylic oxidation sites excluding steroid dienone is 4. The third-order valence-electron chi connectivity index (χ3n) is 9.58. The van der Waals surface area contributed by atoms with E-state index in [2.05, 4.69) is 60.6 Å². The first kappa shape index (κ1) is 25.2. The average molecular weight is 530 g/mol. The molecular weight excluding hydrogens is 496 g/mol. The first-order valence-corrected chi connectivity index (χ1v) is 12.9. The number of Topliss-reactive ketones (excluding diaryl/α,β-unsaturated/α-hetero) is 1. The minimum absolute atomic E-state index is 0. The number of hydrogen-bond acceptors (Lipinski definition) is 3. The van der Waals surface area contributed by atoms with Crippen LogP contribution in [0.15, 0.2) is 49.7 Å². The number of rotatable bonds is 0. The monoisotopic (exact) mass is 529 g/mol. The van der Waals surface area contributed by atoms with E-state index < -0.39 is 0 Å². The smallest absolute Gasteiger partial charge is 0.678 e. The van der Waals surface area contributed by atoms with Crippen LogP contribution in [-0.4, -0.2) is 29.3 Å². The Bertz CT molecular complexity index is 1380. The van der Waals surface area contributed by atoms with Crippen LogP contribution in [0.2, 0.25) is 0 Å². The third-order valence-corrected chi connectivity index (χ3v) is 9.58. The SMILES string of the molecule is CC1=C2C(=O)C(C)C3C2=N/C1=C\c1[n-]c(c(C)c1C)CC1[N-]/C(=C\C2=NC3C(C)C2C)C(C)=C1C.[Cu+2]. The Morgan fingerprint density at radius 1 is 0.944 bits per heavy atom. The minimum Gasteiger partial charge on any atom is -0.678 e. The van der Waals surface area contributed by atoms with Crippen LogP contribution in [0.4, 0.5) is 0 Å². The molecule has 191 valence electrons. The molecule has 4 aliphatic heterocycles. The fraction of sp³-hybridized carbons (Fsp3) is 0.500. The predicted octanol–water partition coefficient (Wildman–Crippen LogP) is 5.83. The van der Waals surface area contributed by atoms with E-state index in [1.807, 2.05) is 6.92 Å². The maximum atomic E-state index is 13.5. The van der Waals surface area contributed by atoms with Crippen molar-refractivity contribution in [1.29, 1.82) is 0 Å². The number of aliphatic imine (C=N–C) groups is 2. The second kappa shape index (κ2) is 8.56.